The maximum Gasteiger partial charge on any atom is 0.232 e. The Bertz CT molecular complexity index is 2350. The van der Waals surface area contributed by atoms with Gasteiger partial charge in [0.25, 0.3) is 0 Å². The summed E-state index contributed by atoms with van der Waals surface area (Å²) in [7, 11) is -5.57. The number of fused-ring (bicyclic) bond motifs is 3. The molecule has 1 aromatic heterocycles. The fourth-order valence-corrected chi connectivity index (χ4v) is 12.1. The number of aromatic nitrogens is 1. The average molecular weight is 818 g/mol. The first-order chi connectivity index (χ1) is 28.2. The van der Waals surface area contributed by atoms with Gasteiger partial charge in [-0.25, -0.2) is 8.42 Å². The lowest BCUT2D eigenvalue weighted by atomic mass is 10.1. The van der Waals surface area contributed by atoms with Crippen LogP contribution in [-0.4, -0.2) is 53.4 Å². The number of sulfonamides is 1. The summed E-state index contributed by atoms with van der Waals surface area (Å²) in [5, 5.41) is 6.03. The topological polar surface area (TPSA) is 82.0 Å². The molecule has 10 heteroatoms. The number of anilines is 1. The van der Waals surface area contributed by atoms with E-state index in [0.29, 0.717) is 31.5 Å². The normalized spacial score (nSPS) is 14.3. The van der Waals surface area contributed by atoms with Gasteiger partial charge in [-0.15, -0.1) is 0 Å². The maximum atomic E-state index is 13.1. The summed E-state index contributed by atoms with van der Waals surface area (Å²) in [6, 6.07) is 44.2. The van der Waals surface area contributed by atoms with Crippen LogP contribution in [0.5, 0.6) is 11.5 Å². The third-order valence-electron chi connectivity index (χ3n) is 11.9. The smallest absolute Gasteiger partial charge is 0.232 e. The minimum atomic E-state index is -3.54. The van der Waals surface area contributed by atoms with Gasteiger partial charge >= 0.3 is 0 Å². The molecule has 0 amide bonds. The monoisotopic (exact) mass is 817 g/mol. The highest BCUT2D eigenvalue weighted by atomic mass is 32.2. The van der Waals surface area contributed by atoms with Crippen molar-refractivity contribution in [2.45, 2.75) is 89.9 Å². The molecule has 1 aliphatic carbocycles. The van der Waals surface area contributed by atoms with Crippen LogP contribution >= 0.6 is 0 Å². The number of benzene rings is 5. The van der Waals surface area contributed by atoms with E-state index in [9.17, 15) is 8.42 Å². The van der Waals surface area contributed by atoms with Crippen LogP contribution < -0.4 is 19.1 Å². The van der Waals surface area contributed by atoms with Crippen LogP contribution in [0.15, 0.2) is 121 Å². The summed E-state index contributed by atoms with van der Waals surface area (Å²) in [5.74, 6) is 1.76. The molecule has 58 heavy (non-hydrogen) atoms. The zero-order valence-electron chi connectivity index (χ0n) is 34.5. The Balaban J connectivity index is 1.08. The van der Waals surface area contributed by atoms with Crippen LogP contribution in [0.3, 0.4) is 0 Å². The first-order valence-electron chi connectivity index (χ1n) is 21.1. The van der Waals surface area contributed by atoms with Crippen molar-refractivity contribution in [3.05, 3.63) is 138 Å². The standard InChI is InChI=1S/C48H59N3O5SSi/c1-5-58(6-2,7-3)56-48(39-21-16-22-40(31-39)51(57(4,52)53)36-38-19-12-9-13-20-38)34-49-29-30-54-42-25-27-44-45-28-26-43(55-41-23-14-15-24-41)33-47(45)50(46(44)32-42)35-37-17-10-8-11-18-37/h8-13,16-22,25-28,31-33,41,48-49H,5-7,14-15,23-24,29-30,34-36H2,1-4H3/t48-/m0/s1. The third-order valence-corrected chi connectivity index (χ3v) is 17.7. The molecule has 1 heterocycles. The fraction of sp³-hybridized carbons (Fsp3) is 0.375. The lowest BCUT2D eigenvalue weighted by Crippen LogP contribution is -2.40. The summed E-state index contributed by atoms with van der Waals surface area (Å²) in [5.41, 5.74) is 6.06. The molecule has 0 saturated heterocycles. The zero-order valence-corrected chi connectivity index (χ0v) is 36.3. The van der Waals surface area contributed by atoms with Crippen LogP contribution in [0, 0.1) is 0 Å². The summed E-state index contributed by atoms with van der Waals surface area (Å²) >= 11 is 0. The molecule has 1 aliphatic rings. The molecule has 5 aromatic carbocycles. The van der Waals surface area contributed by atoms with E-state index >= 15 is 0 Å². The number of nitrogens with one attached hydrogen (secondary N) is 1. The van der Waals surface area contributed by atoms with E-state index in [1.54, 1.807) is 0 Å². The predicted molar refractivity (Wildman–Crippen MR) is 241 cm³/mol. The van der Waals surface area contributed by atoms with Crippen molar-refractivity contribution < 1.29 is 22.3 Å². The second kappa shape index (κ2) is 19.0. The highest BCUT2D eigenvalue weighted by molar-refractivity contribution is 7.92. The Labute approximate surface area is 346 Å². The van der Waals surface area contributed by atoms with Gasteiger partial charge in [0.05, 0.1) is 41.7 Å². The molecule has 306 valence electrons. The lowest BCUT2D eigenvalue weighted by Gasteiger charge is -2.34. The predicted octanol–water partition coefficient (Wildman–Crippen LogP) is 10.9. The molecular weight excluding hydrogens is 759 g/mol. The van der Waals surface area contributed by atoms with Crippen molar-refractivity contribution in [1.29, 1.82) is 0 Å². The molecule has 6 aromatic rings. The summed E-state index contributed by atoms with van der Waals surface area (Å²) in [6.07, 6.45) is 6.06. The first kappa shape index (κ1) is 41.5. The molecule has 1 saturated carbocycles. The van der Waals surface area contributed by atoms with E-state index in [2.05, 4.69) is 103 Å². The Morgan fingerprint density at radius 3 is 2.02 bits per heavy atom. The molecule has 0 bridgehead atoms. The zero-order chi connectivity index (χ0) is 40.5. The summed E-state index contributed by atoms with van der Waals surface area (Å²) in [4.78, 5) is 0. The molecule has 0 spiro atoms. The first-order valence-corrected chi connectivity index (χ1v) is 25.5. The van der Waals surface area contributed by atoms with E-state index < -0.39 is 18.3 Å². The summed E-state index contributed by atoms with van der Waals surface area (Å²) in [6.45, 7) is 9.39. The summed E-state index contributed by atoms with van der Waals surface area (Å²) < 4.78 is 50.1. The van der Waals surface area contributed by atoms with Gasteiger partial charge in [-0.1, -0.05) is 93.6 Å². The van der Waals surface area contributed by atoms with Gasteiger partial charge in [-0.3, -0.25) is 4.31 Å². The second-order valence-electron chi connectivity index (χ2n) is 15.7. The lowest BCUT2D eigenvalue weighted by molar-refractivity contribution is 0.183. The Morgan fingerprint density at radius 2 is 1.38 bits per heavy atom. The Morgan fingerprint density at radius 1 is 0.759 bits per heavy atom. The van der Waals surface area contributed by atoms with Crippen molar-refractivity contribution >= 4 is 45.8 Å². The van der Waals surface area contributed by atoms with Crippen molar-refractivity contribution in [3.63, 3.8) is 0 Å². The molecule has 1 N–H and O–H groups in total. The van der Waals surface area contributed by atoms with Crippen LogP contribution in [0.1, 0.15) is 69.2 Å². The van der Waals surface area contributed by atoms with Gasteiger partial charge in [0.1, 0.15) is 18.1 Å². The Hall–Kier alpha value is -4.61. The van der Waals surface area contributed by atoms with Crippen LogP contribution in [-0.2, 0) is 27.5 Å². The van der Waals surface area contributed by atoms with Crippen molar-refractivity contribution in [2.75, 3.05) is 30.3 Å². The third kappa shape index (κ3) is 9.97. The van der Waals surface area contributed by atoms with Gasteiger partial charge in [0, 0.05) is 42.5 Å². The highest BCUT2D eigenvalue weighted by Gasteiger charge is 2.33. The van der Waals surface area contributed by atoms with Crippen LogP contribution in [0.2, 0.25) is 18.1 Å². The Kier molecular flexibility index (Phi) is 13.6. The largest absolute Gasteiger partial charge is 0.492 e. The van der Waals surface area contributed by atoms with Gasteiger partial charge in [0.15, 0.2) is 8.32 Å². The van der Waals surface area contributed by atoms with Gasteiger partial charge in [-0.2, -0.15) is 0 Å². The van der Waals surface area contributed by atoms with E-state index in [-0.39, 0.29) is 12.6 Å². The SMILES string of the molecule is CC[Si](CC)(CC)O[C@@H](CNCCOc1ccc2c3ccc(OC4CCCC4)cc3n(Cc3ccccc3)c2c1)c1cccc(N(Cc2ccccc2)S(C)(=O)=O)c1. The number of ether oxygens (including phenoxy) is 2. The second-order valence-corrected chi connectivity index (χ2v) is 22.3. The van der Waals surface area contributed by atoms with E-state index in [4.69, 9.17) is 13.9 Å². The number of hydrogen-bond acceptors (Lipinski definition) is 6. The molecule has 7 rings (SSSR count). The molecule has 0 unspecified atom stereocenters. The minimum Gasteiger partial charge on any atom is -0.492 e. The molecule has 1 atom stereocenters. The number of rotatable bonds is 20. The molecule has 0 radical (unpaired) electrons. The van der Waals surface area contributed by atoms with Crippen molar-refractivity contribution in [3.8, 4) is 11.5 Å². The van der Waals surface area contributed by atoms with Crippen LogP contribution in [0.25, 0.3) is 21.8 Å². The van der Waals surface area contributed by atoms with Gasteiger partial charge in [0.2, 0.25) is 10.0 Å². The highest BCUT2D eigenvalue weighted by Crippen LogP contribution is 2.36. The van der Waals surface area contributed by atoms with Crippen LogP contribution in [0.4, 0.5) is 5.69 Å². The fourth-order valence-electron chi connectivity index (χ4n) is 8.39. The quantitative estimate of drug-likeness (QED) is 0.0610. The molecule has 1 fully saturated rings. The number of nitrogens with zero attached hydrogens (tertiary/aromatic N) is 2. The van der Waals surface area contributed by atoms with Crippen molar-refractivity contribution in [2.24, 2.45) is 0 Å². The minimum absolute atomic E-state index is 0.239. The molecule has 8 nitrogen and oxygen atoms in total. The van der Waals surface area contributed by atoms with Gasteiger partial charge < -0.3 is 23.8 Å². The van der Waals surface area contributed by atoms with E-state index in [1.807, 2.05) is 48.5 Å². The molecular formula is C48H59N3O5SSi. The van der Waals surface area contributed by atoms with Gasteiger partial charge in [-0.05, 0) is 96.9 Å². The average Bonchev–Trinajstić information content (AvgIpc) is 3.87. The van der Waals surface area contributed by atoms with Crippen molar-refractivity contribution in [1.82, 2.24) is 9.88 Å². The number of hydrogen-bond donors (Lipinski definition) is 1. The van der Waals surface area contributed by atoms with E-state index in [1.165, 1.54) is 39.7 Å². The maximum absolute atomic E-state index is 13.1. The van der Waals surface area contributed by atoms with E-state index in [0.717, 1.165) is 71.2 Å². The molecule has 0 aliphatic heterocycles.